The molecular formula is C17H26N4. The van der Waals surface area contributed by atoms with E-state index in [0.29, 0.717) is 6.04 Å². The van der Waals surface area contributed by atoms with Crippen molar-refractivity contribution in [3.63, 3.8) is 0 Å². The second kappa shape index (κ2) is 6.76. The van der Waals surface area contributed by atoms with Crippen molar-refractivity contribution in [3.05, 3.63) is 47.3 Å². The summed E-state index contributed by atoms with van der Waals surface area (Å²) in [4.78, 5) is 2.42. The third-order valence-electron chi connectivity index (χ3n) is 3.91. The lowest BCUT2D eigenvalue weighted by Gasteiger charge is -2.27. The van der Waals surface area contributed by atoms with E-state index in [9.17, 15) is 0 Å². The first-order chi connectivity index (χ1) is 10.0. The zero-order chi connectivity index (χ0) is 15.4. The van der Waals surface area contributed by atoms with Crippen LogP contribution in [0.25, 0.3) is 0 Å². The maximum atomic E-state index is 6.07. The molecule has 0 aliphatic rings. The summed E-state index contributed by atoms with van der Waals surface area (Å²) in [5.74, 6) is 0. The number of rotatable bonds is 6. The van der Waals surface area contributed by atoms with E-state index in [1.165, 1.54) is 11.3 Å². The number of benzene rings is 1. The molecule has 1 aromatic carbocycles. The molecule has 1 aromatic heterocycles. The molecule has 0 unspecified atom stereocenters. The SMILES string of the molecule is CCc1cc(CN(Cc2ccccc2N)C(C)C)n(C)n1. The van der Waals surface area contributed by atoms with Crippen molar-refractivity contribution in [2.45, 2.75) is 46.3 Å². The summed E-state index contributed by atoms with van der Waals surface area (Å²) in [6.07, 6.45) is 0.973. The van der Waals surface area contributed by atoms with Gasteiger partial charge in [-0.2, -0.15) is 5.10 Å². The Labute approximate surface area is 127 Å². The number of aryl methyl sites for hydroxylation is 2. The summed E-state index contributed by atoms with van der Waals surface area (Å²) < 4.78 is 1.99. The maximum Gasteiger partial charge on any atom is 0.0625 e. The highest BCUT2D eigenvalue weighted by Crippen LogP contribution is 2.18. The minimum atomic E-state index is 0.449. The number of para-hydroxylation sites is 1. The molecule has 0 atom stereocenters. The van der Waals surface area contributed by atoms with Crippen LogP contribution in [0.1, 0.15) is 37.7 Å². The summed E-state index contributed by atoms with van der Waals surface area (Å²) in [5, 5.41) is 4.53. The van der Waals surface area contributed by atoms with Crippen LogP contribution in [0.5, 0.6) is 0 Å². The Morgan fingerprint density at radius 2 is 1.95 bits per heavy atom. The molecule has 2 N–H and O–H groups in total. The maximum absolute atomic E-state index is 6.07. The van der Waals surface area contributed by atoms with E-state index in [4.69, 9.17) is 5.73 Å². The van der Waals surface area contributed by atoms with Gasteiger partial charge in [-0.25, -0.2) is 0 Å². The van der Waals surface area contributed by atoms with E-state index in [2.05, 4.69) is 42.9 Å². The molecule has 114 valence electrons. The molecule has 0 saturated heterocycles. The Morgan fingerprint density at radius 3 is 2.52 bits per heavy atom. The van der Waals surface area contributed by atoms with Crippen molar-refractivity contribution >= 4 is 5.69 Å². The van der Waals surface area contributed by atoms with Gasteiger partial charge in [-0.05, 0) is 38.0 Å². The van der Waals surface area contributed by atoms with Gasteiger partial charge in [0.2, 0.25) is 0 Å². The van der Waals surface area contributed by atoms with Gasteiger partial charge in [0.25, 0.3) is 0 Å². The van der Waals surface area contributed by atoms with Gasteiger partial charge < -0.3 is 5.73 Å². The molecule has 0 saturated carbocycles. The van der Waals surface area contributed by atoms with Gasteiger partial charge in [0.15, 0.2) is 0 Å². The van der Waals surface area contributed by atoms with Crippen LogP contribution < -0.4 is 5.73 Å². The van der Waals surface area contributed by atoms with Crippen LogP contribution in [-0.4, -0.2) is 20.7 Å². The molecular weight excluding hydrogens is 260 g/mol. The highest BCUT2D eigenvalue weighted by Gasteiger charge is 2.15. The van der Waals surface area contributed by atoms with E-state index < -0.39 is 0 Å². The lowest BCUT2D eigenvalue weighted by atomic mass is 10.1. The van der Waals surface area contributed by atoms with Gasteiger partial charge in [0.05, 0.1) is 11.4 Å². The van der Waals surface area contributed by atoms with Gasteiger partial charge in [0.1, 0.15) is 0 Å². The quantitative estimate of drug-likeness (QED) is 0.830. The number of anilines is 1. The van der Waals surface area contributed by atoms with Crippen LogP contribution in [-0.2, 0) is 26.6 Å². The smallest absolute Gasteiger partial charge is 0.0625 e. The minimum Gasteiger partial charge on any atom is -0.398 e. The summed E-state index contributed by atoms with van der Waals surface area (Å²) in [6.45, 7) is 8.32. The first kappa shape index (κ1) is 15.6. The molecule has 2 rings (SSSR count). The first-order valence-corrected chi connectivity index (χ1v) is 7.60. The normalized spacial score (nSPS) is 11.5. The Balaban J connectivity index is 2.16. The van der Waals surface area contributed by atoms with Gasteiger partial charge in [-0.15, -0.1) is 0 Å². The third kappa shape index (κ3) is 3.85. The number of nitrogens with two attached hydrogens (primary N) is 1. The van der Waals surface area contributed by atoms with Crippen LogP contribution in [0, 0.1) is 0 Å². The zero-order valence-corrected chi connectivity index (χ0v) is 13.5. The van der Waals surface area contributed by atoms with Gasteiger partial charge in [0, 0.05) is 31.9 Å². The van der Waals surface area contributed by atoms with Crippen molar-refractivity contribution < 1.29 is 0 Å². The summed E-state index contributed by atoms with van der Waals surface area (Å²) in [6, 6.07) is 10.7. The molecule has 0 aliphatic carbocycles. The summed E-state index contributed by atoms with van der Waals surface area (Å²) in [7, 11) is 2.02. The number of nitrogens with zero attached hydrogens (tertiary/aromatic N) is 3. The third-order valence-corrected chi connectivity index (χ3v) is 3.91. The lowest BCUT2D eigenvalue weighted by molar-refractivity contribution is 0.199. The van der Waals surface area contributed by atoms with Crippen LogP contribution in [0.15, 0.2) is 30.3 Å². The summed E-state index contributed by atoms with van der Waals surface area (Å²) in [5.41, 5.74) is 10.5. The topological polar surface area (TPSA) is 47.1 Å². The van der Waals surface area contributed by atoms with Crippen molar-refractivity contribution in [2.24, 2.45) is 7.05 Å². The van der Waals surface area contributed by atoms with Crippen molar-refractivity contribution in [1.82, 2.24) is 14.7 Å². The molecule has 0 amide bonds. The monoisotopic (exact) mass is 286 g/mol. The number of hydrogen-bond donors (Lipinski definition) is 1. The van der Waals surface area contributed by atoms with E-state index in [0.717, 1.165) is 30.9 Å². The van der Waals surface area contributed by atoms with Crippen molar-refractivity contribution in [1.29, 1.82) is 0 Å². The Bertz CT molecular complexity index is 586. The highest BCUT2D eigenvalue weighted by molar-refractivity contribution is 5.46. The second-order valence-electron chi connectivity index (χ2n) is 5.80. The molecule has 1 heterocycles. The standard InChI is InChI=1S/C17H26N4/c1-5-15-10-16(20(4)19-15)12-21(13(2)3)11-14-8-6-7-9-17(14)18/h6-10,13H,5,11-12,18H2,1-4H3. The van der Waals surface area contributed by atoms with Crippen LogP contribution in [0.2, 0.25) is 0 Å². The minimum absolute atomic E-state index is 0.449. The van der Waals surface area contributed by atoms with Crippen LogP contribution in [0.3, 0.4) is 0 Å². The van der Waals surface area contributed by atoms with Crippen molar-refractivity contribution in [2.75, 3.05) is 5.73 Å². The Kier molecular flexibility index (Phi) is 5.02. The largest absolute Gasteiger partial charge is 0.398 e. The average Bonchev–Trinajstić information content (AvgIpc) is 2.81. The predicted molar refractivity (Wildman–Crippen MR) is 87.8 cm³/mol. The molecule has 0 aliphatic heterocycles. The highest BCUT2D eigenvalue weighted by atomic mass is 15.3. The molecule has 2 aromatic rings. The van der Waals surface area contributed by atoms with Gasteiger partial charge >= 0.3 is 0 Å². The lowest BCUT2D eigenvalue weighted by Crippen LogP contribution is -2.31. The van der Waals surface area contributed by atoms with Gasteiger partial charge in [-0.1, -0.05) is 25.1 Å². The molecule has 21 heavy (non-hydrogen) atoms. The van der Waals surface area contributed by atoms with Crippen LogP contribution >= 0.6 is 0 Å². The van der Waals surface area contributed by atoms with E-state index >= 15 is 0 Å². The fourth-order valence-electron chi connectivity index (χ4n) is 2.42. The first-order valence-electron chi connectivity index (χ1n) is 7.60. The molecule has 0 fully saturated rings. The Morgan fingerprint density at radius 1 is 1.24 bits per heavy atom. The van der Waals surface area contributed by atoms with E-state index in [1.807, 2.05) is 29.9 Å². The number of hydrogen-bond acceptors (Lipinski definition) is 3. The average molecular weight is 286 g/mol. The predicted octanol–water partition coefficient (Wildman–Crippen LogP) is 2.98. The second-order valence-corrected chi connectivity index (χ2v) is 5.80. The fraction of sp³-hybridized carbons (Fsp3) is 0.471. The van der Waals surface area contributed by atoms with E-state index in [1.54, 1.807) is 0 Å². The molecule has 0 bridgehead atoms. The number of nitrogen functional groups attached to an aromatic ring is 1. The fourth-order valence-corrected chi connectivity index (χ4v) is 2.42. The molecule has 0 spiro atoms. The Hall–Kier alpha value is -1.81. The van der Waals surface area contributed by atoms with E-state index in [-0.39, 0.29) is 0 Å². The summed E-state index contributed by atoms with van der Waals surface area (Å²) >= 11 is 0. The van der Waals surface area contributed by atoms with Crippen LogP contribution in [0.4, 0.5) is 5.69 Å². The zero-order valence-electron chi connectivity index (χ0n) is 13.5. The molecule has 4 heteroatoms. The molecule has 0 radical (unpaired) electrons. The van der Waals surface area contributed by atoms with Crippen molar-refractivity contribution in [3.8, 4) is 0 Å². The number of aromatic nitrogens is 2. The molecule has 4 nitrogen and oxygen atoms in total. The van der Waals surface area contributed by atoms with Gasteiger partial charge in [-0.3, -0.25) is 9.58 Å².